The maximum Gasteiger partial charge on any atom is 0.119 e. The summed E-state index contributed by atoms with van der Waals surface area (Å²) in [5, 5.41) is 3.67. The number of methoxy groups -OCH3 is 1. The Morgan fingerprint density at radius 1 is 1.12 bits per heavy atom. The second-order valence-corrected chi connectivity index (χ2v) is 5.15. The van der Waals surface area contributed by atoms with Gasteiger partial charge in [0.15, 0.2) is 0 Å². The zero-order valence-electron chi connectivity index (χ0n) is 9.78. The second kappa shape index (κ2) is 4.00. The fourth-order valence-electron chi connectivity index (χ4n) is 3.32. The van der Waals surface area contributed by atoms with Gasteiger partial charge in [-0.3, -0.25) is 0 Å². The van der Waals surface area contributed by atoms with E-state index in [4.69, 9.17) is 4.74 Å². The van der Waals surface area contributed by atoms with E-state index in [1.165, 1.54) is 31.4 Å². The lowest BCUT2D eigenvalue weighted by Crippen LogP contribution is -2.25. The lowest BCUT2D eigenvalue weighted by atomic mass is 9.95. The van der Waals surface area contributed by atoms with Crippen LogP contribution in [0.15, 0.2) is 24.3 Å². The summed E-state index contributed by atoms with van der Waals surface area (Å²) in [6.45, 7) is 0. The van der Waals surface area contributed by atoms with Crippen LogP contribution in [-0.2, 0) is 0 Å². The van der Waals surface area contributed by atoms with E-state index in [-0.39, 0.29) is 0 Å². The third-order valence-electron chi connectivity index (χ3n) is 4.18. The minimum Gasteiger partial charge on any atom is -0.497 e. The first kappa shape index (κ1) is 10.0. The SMILES string of the molecule is COc1ccc(NC2CC3CCC2C3)cc1. The summed E-state index contributed by atoms with van der Waals surface area (Å²) in [4.78, 5) is 0. The molecule has 2 aliphatic rings. The van der Waals surface area contributed by atoms with E-state index >= 15 is 0 Å². The molecule has 0 heterocycles. The Hall–Kier alpha value is -1.18. The third-order valence-corrected chi connectivity index (χ3v) is 4.18. The van der Waals surface area contributed by atoms with Crippen LogP contribution in [0.4, 0.5) is 5.69 Å². The number of nitrogens with one attached hydrogen (secondary N) is 1. The van der Waals surface area contributed by atoms with Crippen molar-refractivity contribution in [2.24, 2.45) is 11.8 Å². The first-order chi connectivity index (χ1) is 7.85. The molecule has 2 nitrogen and oxygen atoms in total. The molecule has 3 unspecified atom stereocenters. The molecule has 1 aromatic rings. The van der Waals surface area contributed by atoms with Crippen LogP contribution in [0.25, 0.3) is 0 Å². The van der Waals surface area contributed by atoms with Crippen molar-refractivity contribution in [2.75, 3.05) is 12.4 Å². The van der Waals surface area contributed by atoms with E-state index in [1.54, 1.807) is 7.11 Å². The highest BCUT2D eigenvalue weighted by Gasteiger charge is 2.39. The van der Waals surface area contributed by atoms with Crippen molar-refractivity contribution < 1.29 is 4.74 Å². The fourth-order valence-corrected chi connectivity index (χ4v) is 3.32. The number of hydrogen-bond acceptors (Lipinski definition) is 2. The predicted octanol–water partition coefficient (Wildman–Crippen LogP) is 3.30. The van der Waals surface area contributed by atoms with Crippen LogP contribution in [0.5, 0.6) is 5.75 Å². The van der Waals surface area contributed by atoms with Gasteiger partial charge in [0.2, 0.25) is 0 Å². The van der Waals surface area contributed by atoms with Gasteiger partial charge in [0.25, 0.3) is 0 Å². The van der Waals surface area contributed by atoms with E-state index < -0.39 is 0 Å². The highest BCUT2D eigenvalue weighted by Crippen LogP contribution is 2.45. The number of benzene rings is 1. The van der Waals surface area contributed by atoms with Gasteiger partial charge >= 0.3 is 0 Å². The topological polar surface area (TPSA) is 21.3 Å². The Morgan fingerprint density at radius 2 is 1.94 bits per heavy atom. The van der Waals surface area contributed by atoms with E-state index in [9.17, 15) is 0 Å². The van der Waals surface area contributed by atoms with E-state index in [1.807, 2.05) is 12.1 Å². The minimum absolute atomic E-state index is 0.715. The van der Waals surface area contributed by atoms with E-state index in [2.05, 4.69) is 17.4 Å². The average Bonchev–Trinajstić information content (AvgIpc) is 2.92. The minimum atomic E-state index is 0.715. The van der Waals surface area contributed by atoms with Gasteiger partial charge in [-0.1, -0.05) is 6.42 Å². The van der Waals surface area contributed by atoms with Gasteiger partial charge in [-0.15, -0.1) is 0 Å². The van der Waals surface area contributed by atoms with Crippen molar-refractivity contribution in [3.8, 4) is 5.75 Å². The molecule has 1 N–H and O–H groups in total. The normalized spacial score (nSPS) is 31.7. The Morgan fingerprint density at radius 3 is 2.50 bits per heavy atom. The molecule has 2 heteroatoms. The maximum absolute atomic E-state index is 5.16. The molecule has 0 amide bonds. The molecule has 0 aliphatic heterocycles. The first-order valence-corrected chi connectivity index (χ1v) is 6.26. The molecule has 2 aliphatic carbocycles. The van der Waals surface area contributed by atoms with Gasteiger partial charge in [-0.2, -0.15) is 0 Å². The van der Waals surface area contributed by atoms with Crippen molar-refractivity contribution >= 4 is 5.69 Å². The summed E-state index contributed by atoms with van der Waals surface area (Å²) >= 11 is 0. The van der Waals surface area contributed by atoms with Gasteiger partial charge < -0.3 is 10.1 Å². The molecule has 2 fully saturated rings. The number of rotatable bonds is 3. The van der Waals surface area contributed by atoms with Crippen LogP contribution >= 0.6 is 0 Å². The van der Waals surface area contributed by atoms with E-state index in [0.717, 1.165) is 17.6 Å². The lowest BCUT2D eigenvalue weighted by Gasteiger charge is -2.24. The van der Waals surface area contributed by atoms with Crippen LogP contribution in [0.3, 0.4) is 0 Å². The number of anilines is 1. The molecule has 2 saturated carbocycles. The standard InChI is InChI=1S/C14H19NO/c1-16-13-6-4-12(5-7-13)15-14-9-10-2-3-11(14)8-10/h4-7,10-11,14-15H,2-3,8-9H2,1H3. The van der Waals surface area contributed by atoms with Gasteiger partial charge in [0.05, 0.1) is 7.11 Å². The summed E-state index contributed by atoms with van der Waals surface area (Å²) in [6, 6.07) is 8.99. The highest BCUT2D eigenvalue weighted by atomic mass is 16.5. The quantitative estimate of drug-likeness (QED) is 0.838. The molecule has 3 rings (SSSR count). The molecule has 1 aromatic carbocycles. The zero-order valence-corrected chi connectivity index (χ0v) is 9.78. The van der Waals surface area contributed by atoms with Crippen molar-refractivity contribution in [2.45, 2.75) is 31.7 Å². The van der Waals surface area contributed by atoms with Crippen LogP contribution in [0.2, 0.25) is 0 Å². The van der Waals surface area contributed by atoms with Crippen molar-refractivity contribution in [3.63, 3.8) is 0 Å². The average molecular weight is 217 g/mol. The highest BCUT2D eigenvalue weighted by molar-refractivity contribution is 5.47. The fraction of sp³-hybridized carbons (Fsp3) is 0.571. The smallest absolute Gasteiger partial charge is 0.119 e. The van der Waals surface area contributed by atoms with Gasteiger partial charge in [-0.25, -0.2) is 0 Å². The molecule has 0 saturated heterocycles. The Bertz CT molecular complexity index is 360. The predicted molar refractivity (Wildman–Crippen MR) is 65.9 cm³/mol. The molecule has 2 bridgehead atoms. The molecule has 0 spiro atoms. The number of fused-ring (bicyclic) bond motifs is 2. The first-order valence-electron chi connectivity index (χ1n) is 6.26. The number of ether oxygens (including phenoxy) is 1. The monoisotopic (exact) mass is 217 g/mol. The van der Waals surface area contributed by atoms with Crippen LogP contribution in [-0.4, -0.2) is 13.2 Å². The van der Waals surface area contributed by atoms with Crippen molar-refractivity contribution in [1.29, 1.82) is 0 Å². The van der Waals surface area contributed by atoms with Gasteiger partial charge in [0.1, 0.15) is 5.75 Å². The van der Waals surface area contributed by atoms with Crippen LogP contribution in [0, 0.1) is 11.8 Å². The zero-order chi connectivity index (χ0) is 11.0. The lowest BCUT2D eigenvalue weighted by molar-refractivity contribution is 0.414. The van der Waals surface area contributed by atoms with E-state index in [0.29, 0.717) is 6.04 Å². The van der Waals surface area contributed by atoms with Crippen LogP contribution < -0.4 is 10.1 Å². The summed E-state index contributed by atoms with van der Waals surface area (Å²) in [6.07, 6.45) is 5.72. The summed E-state index contributed by atoms with van der Waals surface area (Å²) in [5.41, 5.74) is 1.23. The molecule has 3 atom stereocenters. The van der Waals surface area contributed by atoms with Crippen molar-refractivity contribution in [1.82, 2.24) is 0 Å². The molecular formula is C14H19NO. The van der Waals surface area contributed by atoms with Crippen molar-refractivity contribution in [3.05, 3.63) is 24.3 Å². The molecule has 86 valence electrons. The summed E-state index contributed by atoms with van der Waals surface area (Å²) < 4.78 is 5.16. The second-order valence-electron chi connectivity index (χ2n) is 5.15. The van der Waals surface area contributed by atoms with Crippen LogP contribution in [0.1, 0.15) is 25.7 Å². The Labute approximate surface area is 97.0 Å². The Balaban J connectivity index is 1.65. The Kier molecular flexibility index (Phi) is 2.50. The maximum atomic E-state index is 5.16. The van der Waals surface area contributed by atoms with Gasteiger partial charge in [0, 0.05) is 11.7 Å². The molecule has 0 radical (unpaired) electrons. The largest absolute Gasteiger partial charge is 0.497 e. The molecular weight excluding hydrogens is 198 g/mol. The summed E-state index contributed by atoms with van der Waals surface area (Å²) in [7, 11) is 1.71. The molecule has 16 heavy (non-hydrogen) atoms. The summed E-state index contributed by atoms with van der Waals surface area (Å²) in [5.74, 6) is 2.85. The third kappa shape index (κ3) is 1.77. The molecule has 0 aromatic heterocycles. The van der Waals surface area contributed by atoms with Gasteiger partial charge in [-0.05, 0) is 55.4 Å². The number of hydrogen-bond donors (Lipinski definition) is 1.